The van der Waals surface area contributed by atoms with Gasteiger partial charge in [-0.1, -0.05) is 6.07 Å². The highest BCUT2D eigenvalue weighted by molar-refractivity contribution is 7.91. The van der Waals surface area contributed by atoms with Crippen molar-refractivity contribution in [2.75, 3.05) is 49.1 Å². The van der Waals surface area contributed by atoms with E-state index in [1.807, 2.05) is 30.9 Å². The van der Waals surface area contributed by atoms with Crippen molar-refractivity contribution < 1.29 is 12.8 Å². The number of hydrogen-bond acceptors (Lipinski definition) is 5. The van der Waals surface area contributed by atoms with Gasteiger partial charge in [-0.25, -0.2) is 12.8 Å². The summed E-state index contributed by atoms with van der Waals surface area (Å²) in [5, 5.41) is 3.32. The van der Waals surface area contributed by atoms with E-state index in [1.165, 1.54) is 18.2 Å². The zero-order valence-corrected chi connectivity index (χ0v) is 16.6. The predicted octanol–water partition coefficient (Wildman–Crippen LogP) is 2.91. The largest absolute Gasteiger partial charge is 0.371 e. The lowest BCUT2D eigenvalue weighted by atomic mass is 10.2. The molecule has 2 aromatic carbocycles. The van der Waals surface area contributed by atoms with Gasteiger partial charge >= 0.3 is 0 Å². The molecule has 27 heavy (non-hydrogen) atoms. The smallest absolute Gasteiger partial charge is 0.208 e. The van der Waals surface area contributed by atoms with Crippen LogP contribution in [0, 0.1) is 5.82 Å². The van der Waals surface area contributed by atoms with Gasteiger partial charge in [0.1, 0.15) is 5.82 Å². The fourth-order valence-electron chi connectivity index (χ4n) is 3.43. The summed E-state index contributed by atoms with van der Waals surface area (Å²) in [7, 11) is -3.82. The van der Waals surface area contributed by atoms with Crippen molar-refractivity contribution in [2.24, 2.45) is 0 Å². The van der Waals surface area contributed by atoms with Crippen molar-refractivity contribution in [3.05, 3.63) is 48.3 Å². The Morgan fingerprint density at radius 3 is 2.41 bits per heavy atom. The normalized spacial score (nSPS) is 15.0. The van der Waals surface area contributed by atoms with Crippen LogP contribution in [0.5, 0.6) is 0 Å². The number of rotatable bonds is 6. The fourth-order valence-corrected chi connectivity index (χ4v) is 4.92. The van der Waals surface area contributed by atoms with Crippen LogP contribution in [-0.4, -0.2) is 47.7 Å². The average molecular weight is 392 g/mol. The Morgan fingerprint density at radius 2 is 1.78 bits per heavy atom. The van der Waals surface area contributed by atoms with Gasteiger partial charge in [-0.15, -0.1) is 0 Å². The van der Waals surface area contributed by atoms with E-state index in [4.69, 9.17) is 0 Å². The van der Waals surface area contributed by atoms with E-state index in [9.17, 15) is 12.8 Å². The second-order valence-corrected chi connectivity index (χ2v) is 8.44. The molecule has 1 fully saturated rings. The molecular weight excluding hydrogens is 365 g/mol. The van der Waals surface area contributed by atoms with Crippen LogP contribution in [0.4, 0.5) is 15.8 Å². The molecule has 1 N–H and O–H groups in total. The fraction of sp³-hybridized carbons (Fsp3) is 0.400. The molecule has 0 aliphatic carbocycles. The summed E-state index contributed by atoms with van der Waals surface area (Å²) in [4.78, 5) is 4.47. The van der Waals surface area contributed by atoms with Gasteiger partial charge in [-0.05, 0) is 50.2 Å². The van der Waals surface area contributed by atoms with E-state index in [0.717, 1.165) is 37.9 Å². The van der Waals surface area contributed by atoms with Gasteiger partial charge in [-0.3, -0.25) is 0 Å². The van der Waals surface area contributed by atoms with Crippen LogP contribution in [0.25, 0.3) is 0 Å². The highest BCUT2D eigenvalue weighted by Crippen LogP contribution is 2.34. The summed E-state index contributed by atoms with van der Waals surface area (Å²) in [6, 6.07) is 10.6. The summed E-state index contributed by atoms with van der Waals surface area (Å²) in [6.45, 7) is 8.95. The lowest BCUT2D eigenvalue weighted by Gasteiger charge is -2.31. The summed E-state index contributed by atoms with van der Waals surface area (Å²) in [5.74, 6) is -0.557. The first-order valence-electron chi connectivity index (χ1n) is 9.32. The second kappa shape index (κ2) is 8.27. The number of benzene rings is 2. The zero-order valence-electron chi connectivity index (χ0n) is 15.8. The van der Waals surface area contributed by atoms with Gasteiger partial charge in [0.15, 0.2) is 0 Å². The monoisotopic (exact) mass is 391 g/mol. The molecule has 1 aliphatic heterocycles. The second-order valence-electron chi connectivity index (χ2n) is 6.52. The number of anilines is 2. The molecule has 3 rings (SSSR count). The lowest BCUT2D eigenvalue weighted by Crippen LogP contribution is -2.43. The van der Waals surface area contributed by atoms with Crippen LogP contribution in [0.15, 0.2) is 52.3 Å². The van der Waals surface area contributed by atoms with Crippen LogP contribution in [0.1, 0.15) is 13.8 Å². The molecule has 0 unspecified atom stereocenters. The van der Waals surface area contributed by atoms with Crippen LogP contribution in [0.3, 0.4) is 0 Å². The Hall–Kier alpha value is -2.12. The Labute approximate surface area is 160 Å². The number of hydrogen-bond donors (Lipinski definition) is 1. The lowest BCUT2D eigenvalue weighted by molar-refractivity contribution is 0.587. The maximum Gasteiger partial charge on any atom is 0.208 e. The zero-order chi connectivity index (χ0) is 19.4. The molecule has 5 nitrogen and oxygen atoms in total. The summed E-state index contributed by atoms with van der Waals surface area (Å²) < 4.78 is 40.1. The molecule has 7 heteroatoms. The molecule has 0 spiro atoms. The van der Waals surface area contributed by atoms with E-state index >= 15 is 0 Å². The molecule has 0 amide bonds. The average Bonchev–Trinajstić information content (AvgIpc) is 2.69. The minimum Gasteiger partial charge on any atom is -0.371 e. The Kier molecular flexibility index (Phi) is 6.01. The number of nitrogens with one attached hydrogen (secondary N) is 1. The van der Waals surface area contributed by atoms with Crippen LogP contribution < -0.4 is 15.1 Å². The molecule has 146 valence electrons. The third-order valence-electron chi connectivity index (χ3n) is 4.92. The van der Waals surface area contributed by atoms with Gasteiger partial charge in [0, 0.05) is 45.0 Å². The van der Waals surface area contributed by atoms with Gasteiger partial charge in [-0.2, -0.15) is 0 Å². The quantitative estimate of drug-likeness (QED) is 0.821. The van der Waals surface area contributed by atoms with Crippen LogP contribution in [0.2, 0.25) is 0 Å². The molecule has 1 heterocycles. The van der Waals surface area contributed by atoms with Crippen LogP contribution in [-0.2, 0) is 9.84 Å². The standard InChI is InChI=1S/C20H26FN3O2S/c1-3-23(4-2)19-15-17(24-12-10-22-11-13-24)8-9-20(19)27(25,26)18-7-5-6-16(21)14-18/h5-9,14-15,22H,3-4,10-13H2,1-2H3. The third-order valence-corrected chi connectivity index (χ3v) is 6.72. The Bertz CT molecular complexity index is 892. The molecule has 0 aromatic heterocycles. The molecule has 1 saturated heterocycles. The number of nitrogens with zero attached hydrogens (tertiary/aromatic N) is 2. The van der Waals surface area contributed by atoms with Crippen molar-refractivity contribution in [3.8, 4) is 0 Å². The van der Waals surface area contributed by atoms with Crippen molar-refractivity contribution in [1.82, 2.24) is 5.32 Å². The SMILES string of the molecule is CCN(CC)c1cc(N2CCNCC2)ccc1S(=O)(=O)c1cccc(F)c1. The molecule has 0 atom stereocenters. The van der Waals surface area contributed by atoms with Crippen molar-refractivity contribution in [2.45, 2.75) is 23.6 Å². The molecule has 2 aromatic rings. The third kappa shape index (κ3) is 4.09. The molecular formula is C20H26FN3O2S. The van der Waals surface area contributed by atoms with Gasteiger partial charge < -0.3 is 15.1 Å². The molecule has 0 radical (unpaired) electrons. The van der Waals surface area contributed by atoms with E-state index in [-0.39, 0.29) is 9.79 Å². The van der Waals surface area contributed by atoms with Gasteiger partial charge in [0.2, 0.25) is 9.84 Å². The first-order chi connectivity index (χ1) is 13.0. The number of piperazine rings is 1. The van der Waals surface area contributed by atoms with Crippen LogP contribution >= 0.6 is 0 Å². The predicted molar refractivity (Wildman–Crippen MR) is 107 cm³/mol. The molecule has 0 bridgehead atoms. The van der Waals surface area contributed by atoms with Crippen molar-refractivity contribution in [3.63, 3.8) is 0 Å². The summed E-state index contributed by atoms with van der Waals surface area (Å²) in [5.41, 5.74) is 1.68. The Morgan fingerprint density at radius 1 is 1.07 bits per heavy atom. The van der Waals surface area contributed by atoms with Crippen molar-refractivity contribution in [1.29, 1.82) is 0 Å². The minimum atomic E-state index is -3.82. The molecule has 1 aliphatic rings. The highest BCUT2D eigenvalue weighted by atomic mass is 32.2. The first kappa shape index (κ1) is 19.6. The Balaban J connectivity index is 2.10. The minimum absolute atomic E-state index is 0.0224. The van der Waals surface area contributed by atoms with Gasteiger partial charge in [0.25, 0.3) is 0 Å². The maximum absolute atomic E-state index is 13.6. The van der Waals surface area contributed by atoms with E-state index < -0.39 is 15.7 Å². The number of sulfone groups is 1. The van der Waals surface area contributed by atoms with Gasteiger partial charge in [0.05, 0.1) is 15.5 Å². The topological polar surface area (TPSA) is 52.6 Å². The first-order valence-corrected chi connectivity index (χ1v) is 10.8. The van der Waals surface area contributed by atoms with E-state index in [0.29, 0.717) is 18.8 Å². The molecule has 0 saturated carbocycles. The van der Waals surface area contributed by atoms with E-state index in [1.54, 1.807) is 6.07 Å². The highest BCUT2D eigenvalue weighted by Gasteiger charge is 2.25. The maximum atomic E-state index is 13.6. The van der Waals surface area contributed by atoms with Crippen molar-refractivity contribution >= 4 is 21.2 Å². The van der Waals surface area contributed by atoms with E-state index in [2.05, 4.69) is 10.2 Å². The number of halogens is 1. The summed E-state index contributed by atoms with van der Waals surface area (Å²) in [6.07, 6.45) is 0. The summed E-state index contributed by atoms with van der Waals surface area (Å²) >= 11 is 0.